The normalized spacial score (nSPS) is 11.6. The molecule has 1 heterocycles. The minimum absolute atomic E-state index is 0.244. The summed E-state index contributed by atoms with van der Waals surface area (Å²) in [5, 5.41) is 0.785. The van der Waals surface area contributed by atoms with E-state index in [1.165, 1.54) is 3.97 Å². The molecule has 6 heteroatoms. The molecule has 0 atom stereocenters. The summed E-state index contributed by atoms with van der Waals surface area (Å²) in [6.07, 6.45) is 1.66. The average molecular weight is 407 g/mol. The van der Waals surface area contributed by atoms with Crippen molar-refractivity contribution in [3.05, 3.63) is 78.5 Å². The number of hydrogen-bond donors (Lipinski definition) is 0. The van der Waals surface area contributed by atoms with Gasteiger partial charge < -0.3 is 9.47 Å². The van der Waals surface area contributed by atoms with E-state index in [2.05, 4.69) is 0 Å². The average Bonchev–Trinajstić information content (AvgIpc) is 3.13. The van der Waals surface area contributed by atoms with Crippen LogP contribution in [0.3, 0.4) is 0 Å². The summed E-state index contributed by atoms with van der Waals surface area (Å²) in [6.45, 7) is 1.93. The zero-order valence-electron chi connectivity index (χ0n) is 16.4. The maximum atomic E-state index is 13.4. The molecule has 4 rings (SSSR count). The van der Waals surface area contributed by atoms with Crippen LogP contribution in [0.4, 0.5) is 0 Å². The molecule has 0 radical (unpaired) electrons. The molecule has 1 aromatic heterocycles. The molecule has 5 nitrogen and oxygen atoms in total. The van der Waals surface area contributed by atoms with Gasteiger partial charge in [-0.15, -0.1) is 0 Å². The van der Waals surface area contributed by atoms with E-state index in [1.807, 2.05) is 37.3 Å². The highest BCUT2D eigenvalue weighted by Gasteiger charge is 2.22. The fraction of sp³-hybridized carbons (Fsp3) is 0.130. The molecule has 0 aliphatic rings. The van der Waals surface area contributed by atoms with Gasteiger partial charge in [-0.3, -0.25) is 0 Å². The highest BCUT2D eigenvalue weighted by Crippen LogP contribution is 2.36. The van der Waals surface area contributed by atoms with Crippen LogP contribution in [0.25, 0.3) is 22.0 Å². The second-order valence-corrected chi connectivity index (χ2v) is 8.59. The number of fused-ring (bicyclic) bond motifs is 1. The predicted octanol–water partition coefficient (Wildman–Crippen LogP) is 4.87. The summed E-state index contributed by atoms with van der Waals surface area (Å²) in [6, 6.07) is 19.8. The quantitative estimate of drug-likeness (QED) is 0.474. The van der Waals surface area contributed by atoms with Crippen LogP contribution < -0.4 is 9.47 Å². The largest absolute Gasteiger partial charge is 0.497 e. The van der Waals surface area contributed by atoms with Crippen molar-refractivity contribution in [1.29, 1.82) is 0 Å². The Morgan fingerprint density at radius 1 is 0.828 bits per heavy atom. The Morgan fingerprint density at radius 3 is 2.21 bits per heavy atom. The van der Waals surface area contributed by atoms with Crippen molar-refractivity contribution in [3.8, 4) is 22.6 Å². The van der Waals surface area contributed by atoms with E-state index in [1.54, 1.807) is 56.8 Å². The first-order valence-corrected chi connectivity index (χ1v) is 10.5. The molecular weight excluding hydrogens is 386 g/mol. The zero-order chi connectivity index (χ0) is 20.6. The highest BCUT2D eigenvalue weighted by atomic mass is 32.2. The Bertz CT molecular complexity index is 1290. The summed E-state index contributed by atoms with van der Waals surface area (Å²) in [7, 11) is -0.566. The van der Waals surface area contributed by atoms with Gasteiger partial charge in [0.25, 0.3) is 10.0 Å². The Balaban J connectivity index is 1.99. The molecule has 0 saturated heterocycles. The van der Waals surface area contributed by atoms with Crippen molar-refractivity contribution in [2.75, 3.05) is 14.2 Å². The number of nitrogens with zero attached hydrogens (tertiary/aromatic N) is 1. The van der Waals surface area contributed by atoms with E-state index in [-0.39, 0.29) is 4.90 Å². The SMILES string of the molecule is COc1cccc(-c2cn(S(=O)(=O)c3ccc(C)cc3)c3ccc(OC)cc23)c1. The number of aryl methyl sites for hydroxylation is 1. The van der Waals surface area contributed by atoms with Gasteiger partial charge in [-0.1, -0.05) is 29.8 Å². The molecule has 0 spiro atoms. The molecule has 4 aromatic rings. The first kappa shape index (κ1) is 19.1. The topological polar surface area (TPSA) is 57.5 Å². The van der Waals surface area contributed by atoms with Crippen LogP contribution in [0.1, 0.15) is 5.56 Å². The van der Waals surface area contributed by atoms with E-state index in [4.69, 9.17) is 9.47 Å². The van der Waals surface area contributed by atoms with Crippen molar-refractivity contribution in [1.82, 2.24) is 3.97 Å². The number of benzene rings is 3. The van der Waals surface area contributed by atoms with Gasteiger partial charge in [-0.05, 0) is 55.0 Å². The highest BCUT2D eigenvalue weighted by molar-refractivity contribution is 7.90. The third kappa shape index (κ3) is 3.36. The fourth-order valence-electron chi connectivity index (χ4n) is 3.35. The van der Waals surface area contributed by atoms with Crippen LogP contribution >= 0.6 is 0 Å². The smallest absolute Gasteiger partial charge is 0.268 e. The van der Waals surface area contributed by atoms with Crippen molar-refractivity contribution < 1.29 is 17.9 Å². The standard InChI is InChI=1S/C23H21NO4S/c1-16-7-10-20(11-8-16)29(25,26)24-15-22(17-5-4-6-18(13-17)27-2)21-14-19(28-3)9-12-23(21)24/h4-15H,1-3H3. The Kier molecular flexibility index (Phi) is 4.80. The summed E-state index contributed by atoms with van der Waals surface area (Å²) in [4.78, 5) is 0.244. The maximum absolute atomic E-state index is 13.4. The minimum atomic E-state index is -3.76. The lowest BCUT2D eigenvalue weighted by atomic mass is 10.0. The minimum Gasteiger partial charge on any atom is -0.497 e. The number of ether oxygens (including phenoxy) is 2. The zero-order valence-corrected chi connectivity index (χ0v) is 17.2. The van der Waals surface area contributed by atoms with E-state index in [0.717, 1.165) is 22.1 Å². The molecule has 0 saturated carbocycles. The molecule has 29 heavy (non-hydrogen) atoms. The van der Waals surface area contributed by atoms with Crippen molar-refractivity contribution in [2.24, 2.45) is 0 Å². The van der Waals surface area contributed by atoms with Gasteiger partial charge >= 0.3 is 0 Å². The molecule has 3 aromatic carbocycles. The Hall–Kier alpha value is -3.25. The number of methoxy groups -OCH3 is 2. The molecule has 0 amide bonds. The summed E-state index contributed by atoms with van der Waals surface area (Å²) in [5.41, 5.74) is 3.24. The van der Waals surface area contributed by atoms with Crippen LogP contribution in [0.15, 0.2) is 77.8 Å². The lowest BCUT2D eigenvalue weighted by Crippen LogP contribution is -2.11. The molecule has 148 valence electrons. The molecule has 0 unspecified atom stereocenters. The number of hydrogen-bond acceptors (Lipinski definition) is 4. The number of aromatic nitrogens is 1. The van der Waals surface area contributed by atoms with Gasteiger partial charge in [0.2, 0.25) is 0 Å². The predicted molar refractivity (Wildman–Crippen MR) is 114 cm³/mol. The summed E-state index contributed by atoms with van der Waals surface area (Å²) < 4.78 is 38.8. The Labute approximate surface area is 170 Å². The molecule has 0 N–H and O–H groups in total. The second kappa shape index (κ2) is 7.29. The second-order valence-electron chi connectivity index (χ2n) is 6.77. The fourth-order valence-corrected chi connectivity index (χ4v) is 4.72. The first-order chi connectivity index (χ1) is 13.9. The van der Waals surface area contributed by atoms with E-state index in [0.29, 0.717) is 17.0 Å². The maximum Gasteiger partial charge on any atom is 0.268 e. The lowest BCUT2D eigenvalue weighted by Gasteiger charge is -2.08. The monoisotopic (exact) mass is 407 g/mol. The summed E-state index contributed by atoms with van der Waals surface area (Å²) >= 11 is 0. The first-order valence-electron chi connectivity index (χ1n) is 9.10. The van der Waals surface area contributed by atoms with Crippen molar-refractivity contribution in [3.63, 3.8) is 0 Å². The molecular formula is C23H21NO4S. The van der Waals surface area contributed by atoms with Gasteiger partial charge in [0.05, 0.1) is 24.6 Å². The van der Waals surface area contributed by atoms with Crippen molar-refractivity contribution in [2.45, 2.75) is 11.8 Å². The van der Waals surface area contributed by atoms with Gasteiger partial charge in [-0.25, -0.2) is 12.4 Å². The van der Waals surface area contributed by atoms with Crippen molar-refractivity contribution >= 4 is 20.9 Å². The molecule has 0 aliphatic heterocycles. The van der Waals surface area contributed by atoms with Gasteiger partial charge in [0.1, 0.15) is 11.5 Å². The van der Waals surface area contributed by atoms with E-state index < -0.39 is 10.0 Å². The van der Waals surface area contributed by atoms with Gasteiger partial charge in [0.15, 0.2) is 0 Å². The summed E-state index contributed by atoms with van der Waals surface area (Å²) in [5.74, 6) is 1.36. The molecule has 0 fully saturated rings. The Morgan fingerprint density at radius 2 is 1.52 bits per heavy atom. The van der Waals surface area contributed by atoms with Gasteiger partial charge in [-0.2, -0.15) is 0 Å². The third-order valence-corrected chi connectivity index (χ3v) is 6.62. The van der Waals surface area contributed by atoms with Crippen LogP contribution in [0.5, 0.6) is 11.5 Å². The van der Waals surface area contributed by atoms with E-state index >= 15 is 0 Å². The molecule has 0 bridgehead atoms. The third-order valence-electron chi connectivity index (χ3n) is 4.94. The van der Waals surface area contributed by atoms with Crippen LogP contribution in [0.2, 0.25) is 0 Å². The van der Waals surface area contributed by atoms with Crippen LogP contribution in [0, 0.1) is 6.92 Å². The van der Waals surface area contributed by atoms with E-state index in [9.17, 15) is 8.42 Å². The van der Waals surface area contributed by atoms with Crippen LogP contribution in [-0.2, 0) is 10.0 Å². The number of rotatable bonds is 5. The van der Waals surface area contributed by atoms with Gasteiger partial charge in [0, 0.05) is 17.1 Å². The van der Waals surface area contributed by atoms with Crippen LogP contribution in [-0.4, -0.2) is 26.6 Å². The lowest BCUT2D eigenvalue weighted by molar-refractivity contribution is 0.415. The molecule has 0 aliphatic carbocycles.